The number of hydrogen-bond acceptors (Lipinski definition) is 2. The molecule has 0 spiro atoms. The summed E-state index contributed by atoms with van der Waals surface area (Å²) < 4.78 is 14.9. The molecule has 3 heteroatoms. The van der Waals surface area contributed by atoms with Gasteiger partial charge in [0, 0.05) is 32.6 Å². The minimum absolute atomic E-state index is 0.778. The molecule has 11 aromatic rings. The molecule has 3 heterocycles. The number of nitrogens with zero attached hydrogens (tertiary/aromatic N) is 1. The molecule has 0 saturated heterocycles. The van der Waals surface area contributed by atoms with Crippen LogP contribution in [0.5, 0.6) is 0 Å². The summed E-state index contributed by atoms with van der Waals surface area (Å²) in [4.78, 5) is 0. The van der Waals surface area contributed by atoms with E-state index in [4.69, 9.17) is 8.83 Å². The number of hydrogen-bond donors (Lipinski definition) is 0. The van der Waals surface area contributed by atoms with Gasteiger partial charge in [0.2, 0.25) is 0 Å². The molecule has 8 aromatic carbocycles. The molecule has 0 N–H and O–H groups in total. The predicted octanol–water partition coefficient (Wildman–Crippen LogP) is 13.1. The van der Waals surface area contributed by atoms with Crippen molar-refractivity contribution in [3.05, 3.63) is 164 Å². The third-order valence-electron chi connectivity index (χ3n) is 10.3. The van der Waals surface area contributed by atoms with Crippen molar-refractivity contribution in [2.75, 3.05) is 0 Å². The average Bonchev–Trinajstić information content (AvgIpc) is 3.88. The monoisotopic (exact) mass is 625 g/mol. The summed E-state index contributed by atoms with van der Waals surface area (Å²) in [6.07, 6.45) is 1.78. The number of para-hydroxylation sites is 3. The predicted molar refractivity (Wildman–Crippen MR) is 204 cm³/mol. The molecular weight excluding hydrogens is 599 g/mol. The van der Waals surface area contributed by atoms with E-state index in [9.17, 15) is 0 Å². The smallest absolute Gasteiger partial charge is 0.178 e. The van der Waals surface area contributed by atoms with Gasteiger partial charge in [0.15, 0.2) is 11.2 Å². The van der Waals surface area contributed by atoms with E-state index in [1.807, 2.05) is 12.1 Å². The fraction of sp³-hybridized carbons (Fsp3) is 0. The molecule has 0 aliphatic heterocycles. The summed E-state index contributed by atoms with van der Waals surface area (Å²) in [5.74, 6) is 0. The first kappa shape index (κ1) is 26.5. The molecule has 0 aliphatic carbocycles. The lowest BCUT2D eigenvalue weighted by atomic mass is 9.84. The van der Waals surface area contributed by atoms with Gasteiger partial charge in [-0.05, 0) is 86.3 Å². The van der Waals surface area contributed by atoms with Crippen LogP contribution in [0, 0.1) is 0 Å². The van der Waals surface area contributed by atoms with Crippen LogP contribution in [0.4, 0.5) is 0 Å². The van der Waals surface area contributed by atoms with Crippen LogP contribution >= 0.6 is 0 Å². The zero-order valence-corrected chi connectivity index (χ0v) is 26.4. The summed E-state index contributed by atoms with van der Waals surface area (Å²) in [5.41, 5.74) is 10.8. The summed E-state index contributed by atoms with van der Waals surface area (Å²) in [6, 6.07) is 56.7. The van der Waals surface area contributed by atoms with Gasteiger partial charge in [0.05, 0.1) is 17.3 Å². The van der Waals surface area contributed by atoms with Gasteiger partial charge in [-0.2, -0.15) is 0 Å². The van der Waals surface area contributed by atoms with Crippen molar-refractivity contribution in [3.63, 3.8) is 0 Å². The molecule has 0 unspecified atom stereocenters. The topological polar surface area (TPSA) is 31.2 Å². The quantitative estimate of drug-likeness (QED) is 0.183. The maximum atomic E-state index is 6.37. The Bertz CT molecular complexity index is 3050. The third kappa shape index (κ3) is 3.67. The Labute approximate surface area is 280 Å². The second kappa shape index (κ2) is 9.96. The third-order valence-corrected chi connectivity index (χ3v) is 10.3. The Hall–Kier alpha value is -6.58. The summed E-state index contributed by atoms with van der Waals surface area (Å²) >= 11 is 0. The van der Waals surface area contributed by atoms with Gasteiger partial charge < -0.3 is 13.4 Å². The number of rotatable bonds is 3. The van der Waals surface area contributed by atoms with E-state index in [1.54, 1.807) is 6.26 Å². The fourth-order valence-corrected chi connectivity index (χ4v) is 8.21. The Morgan fingerprint density at radius 2 is 1.00 bits per heavy atom. The Kier molecular flexibility index (Phi) is 5.38. The lowest BCUT2D eigenvalue weighted by molar-refractivity contribution is 0.600. The minimum Gasteiger partial charge on any atom is -0.460 e. The van der Waals surface area contributed by atoms with Gasteiger partial charge in [-0.25, -0.2) is 0 Å². The van der Waals surface area contributed by atoms with Crippen LogP contribution in [-0.2, 0) is 0 Å². The van der Waals surface area contributed by atoms with Gasteiger partial charge in [-0.15, -0.1) is 0 Å². The normalized spacial score (nSPS) is 12.1. The average molecular weight is 626 g/mol. The first-order valence-corrected chi connectivity index (χ1v) is 16.7. The van der Waals surface area contributed by atoms with E-state index in [0.717, 1.165) is 44.2 Å². The van der Waals surface area contributed by atoms with Crippen molar-refractivity contribution >= 4 is 76.3 Å². The van der Waals surface area contributed by atoms with Crippen LogP contribution in [0.2, 0.25) is 0 Å². The molecule has 0 bridgehead atoms. The highest BCUT2D eigenvalue weighted by Gasteiger charge is 2.22. The van der Waals surface area contributed by atoms with Crippen molar-refractivity contribution < 1.29 is 8.83 Å². The second-order valence-electron chi connectivity index (χ2n) is 12.8. The van der Waals surface area contributed by atoms with Gasteiger partial charge in [0.25, 0.3) is 0 Å². The number of furan rings is 2. The lowest BCUT2D eigenvalue weighted by Crippen LogP contribution is -1.94. The highest BCUT2D eigenvalue weighted by molar-refractivity contribution is 6.26. The first-order valence-electron chi connectivity index (χ1n) is 16.7. The van der Waals surface area contributed by atoms with Gasteiger partial charge >= 0.3 is 0 Å². The van der Waals surface area contributed by atoms with E-state index in [-0.39, 0.29) is 0 Å². The van der Waals surface area contributed by atoms with Gasteiger partial charge in [0.1, 0.15) is 5.58 Å². The van der Waals surface area contributed by atoms with Crippen molar-refractivity contribution in [1.82, 2.24) is 4.57 Å². The van der Waals surface area contributed by atoms with Gasteiger partial charge in [-0.3, -0.25) is 0 Å². The molecule has 0 amide bonds. The number of aromatic nitrogens is 1. The van der Waals surface area contributed by atoms with Crippen molar-refractivity contribution in [2.24, 2.45) is 0 Å². The Morgan fingerprint density at radius 3 is 1.76 bits per heavy atom. The molecule has 0 saturated carbocycles. The summed E-state index contributed by atoms with van der Waals surface area (Å²) in [6.45, 7) is 0. The molecular formula is C46H27NO2. The van der Waals surface area contributed by atoms with E-state index in [1.165, 1.54) is 60.0 Å². The molecule has 49 heavy (non-hydrogen) atoms. The molecule has 228 valence electrons. The van der Waals surface area contributed by atoms with Crippen LogP contribution in [0.25, 0.3) is 104 Å². The maximum absolute atomic E-state index is 6.37. The largest absolute Gasteiger partial charge is 0.460 e. The molecule has 11 rings (SSSR count). The van der Waals surface area contributed by atoms with E-state index in [0.29, 0.717) is 0 Å². The number of fused-ring (bicyclic) bond motifs is 10. The minimum atomic E-state index is 0.778. The van der Waals surface area contributed by atoms with Crippen LogP contribution in [0.1, 0.15) is 0 Å². The summed E-state index contributed by atoms with van der Waals surface area (Å²) in [5, 5.41) is 10.5. The molecule has 0 aliphatic rings. The van der Waals surface area contributed by atoms with Crippen LogP contribution in [0.15, 0.2) is 173 Å². The maximum Gasteiger partial charge on any atom is 0.178 e. The first-order chi connectivity index (χ1) is 24.3. The summed E-state index contributed by atoms with van der Waals surface area (Å²) in [7, 11) is 0. The Balaban J connectivity index is 1.26. The molecule has 0 fully saturated rings. The van der Waals surface area contributed by atoms with Crippen molar-refractivity contribution in [2.45, 2.75) is 0 Å². The molecule has 3 nitrogen and oxygen atoms in total. The van der Waals surface area contributed by atoms with E-state index in [2.05, 4.69) is 150 Å². The Morgan fingerprint density at radius 1 is 0.388 bits per heavy atom. The lowest BCUT2D eigenvalue weighted by Gasteiger charge is -2.18. The molecule has 0 radical (unpaired) electrons. The standard InChI is InChI=1S/C46H27NO2/c1-2-12-29(13-3-1)47-40-20-10-8-14-30(40)31-23-22-28(26-41(31)47)43-33-16-4-6-18-35(33)44(36-19-7-5-17-34(36)43)38-27-39-32-15-9-11-21-42(32)49-46(39)45-37(38)24-25-48-45/h1-27H. The number of benzene rings is 8. The zero-order valence-electron chi connectivity index (χ0n) is 26.4. The van der Waals surface area contributed by atoms with E-state index < -0.39 is 0 Å². The molecule has 0 atom stereocenters. The fourth-order valence-electron chi connectivity index (χ4n) is 8.21. The highest BCUT2D eigenvalue weighted by Crippen LogP contribution is 2.48. The SMILES string of the molecule is c1ccc(-n2c3ccccc3c3ccc(-c4c5ccccc5c(-c5cc6c7ccccc7oc6c6occc56)c5ccccc45)cc32)cc1. The zero-order chi connectivity index (χ0) is 32.1. The van der Waals surface area contributed by atoms with Crippen LogP contribution in [-0.4, -0.2) is 4.57 Å². The molecule has 3 aromatic heterocycles. The van der Waals surface area contributed by atoms with Crippen LogP contribution in [0.3, 0.4) is 0 Å². The highest BCUT2D eigenvalue weighted by atomic mass is 16.4. The van der Waals surface area contributed by atoms with Crippen LogP contribution < -0.4 is 0 Å². The van der Waals surface area contributed by atoms with Crippen molar-refractivity contribution in [1.29, 1.82) is 0 Å². The second-order valence-corrected chi connectivity index (χ2v) is 12.8. The van der Waals surface area contributed by atoms with Gasteiger partial charge in [-0.1, -0.05) is 115 Å². The van der Waals surface area contributed by atoms with E-state index >= 15 is 0 Å². The van der Waals surface area contributed by atoms with Crippen molar-refractivity contribution in [3.8, 4) is 27.9 Å².